The van der Waals surface area contributed by atoms with Crippen molar-refractivity contribution in [3.05, 3.63) is 0 Å². The van der Waals surface area contributed by atoms with Crippen molar-refractivity contribution >= 4 is 21.8 Å². The van der Waals surface area contributed by atoms with Gasteiger partial charge in [-0.05, 0) is 32.6 Å². The third-order valence-electron chi connectivity index (χ3n) is 3.70. The number of ether oxygens (including phenoxy) is 1. The maximum Gasteiger partial charge on any atom is 0.223 e. The summed E-state index contributed by atoms with van der Waals surface area (Å²) in [7, 11) is 1.70. The monoisotopic (exact) mass is 291 g/mol. The SMILES string of the molecule is CCC(C)(CBr)NC(=O)CC1(OC)CCC1. The average molecular weight is 292 g/mol. The largest absolute Gasteiger partial charge is 0.378 e. The van der Waals surface area contributed by atoms with Gasteiger partial charge in [-0.1, -0.05) is 22.9 Å². The molecule has 1 amide bonds. The van der Waals surface area contributed by atoms with Crippen LogP contribution in [-0.2, 0) is 9.53 Å². The highest BCUT2D eigenvalue weighted by molar-refractivity contribution is 9.09. The van der Waals surface area contributed by atoms with Crippen molar-refractivity contribution in [2.45, 2.75) is 57.1 Å². The van der Waals surface area contributed by atoms with Crippen molar-refractivity contribution in [1.82, 2.24) is 5.32 Å². The number of nitrogens with one attached hydrogen (secondary N) is 1. The van der Waals surface area contributed by atoms with Gasteiger partial charge < -0.3 is 10.1 Å². The Morgan fingerprint density at radius 3 is 2.50 bits per heavy atom. The van der Waals surface area contributed by atoms with Gasteiger partial charge in [0.05, 0.1) is 12.0 Å². The van der Waals surface area contributed by atoms with E-state index in [1.54, 1.807) is 7.11 Å². The van der Waals surface area contributed by atoms with E-state index >= 15 is 0 Å². The summed E-state index contributed by atoms with van der Waals surface area (Å²) in [4.78, 5) is 11.9. The molecule has 0 aromatic carbocycles. The number of carbonyl (C=O) groups is 1. The van der Waals surface area contributed by atoms with Crippen LogP contribution in [0.1, 0.15) is 46.0 Å². The minimum absolute atomic E-state index is 0.102. The van der Waals surface area contributed by atoms with Gasteiger partial charge in [-0.15, -0.1) is 0 Å². The molecule has 0 radical (unpaired) electrons. The van der Waals surface area contributed by atoms with Crippen LogP contribution < -0.4 is 5.32 Å². The summed E-state index contributed by atoms with van der Waals surface area (Å²) in [5, 5.41) is 3.87. The van der Waals surface area contributed by atoms with Crippen molar-refractivity contribution < 1.29 is 9.53 Å². The molecule has 1 unspecified atom stereocenters. The van der Waals surface area contributed by atoms with Crippen LogP contribution >= 0.6 is 15.9 Å². The molecule has 1 aliphatic carbocycles. The third kappa shape index (κ3) is 3.20. The Morgan fingerprint density at radius 2 is 2.19 bits per heavy atom. The molecule has 94 valence electrons. The molecular weight excluding hydrogens is 270 g/mol. The first-order chi connectivity index (χ1) is 7.49. The molecule has 4 heteroatoms. The van der Waals surface area contributed by atoms with Crippen molar-refractivity contribution in [2.24, 2.45) is 0 Å². The maximum atomic E-state index is 11.9. The Hall–Kier alpha value is -0.0900. The highest BCUT2D eigenvalue weighted by Gasteiger charge is 2.39. The molecule has 16 heavy (non-hydrogen) atoms. The fourth-order valence-electron chi connectivity index (χ4n) is 1.91. The van der Waals surface area contributed by atoms with Crippen LogP contribution in [0.25, 0.3) is 0 Å². The summed E-state index contributed by atoms with van der Waals surface area (Å²) in [6.07, 6.45) is 4.60. The summed E-state index contributed by atoms with van der Waals surface area (Å²) < 4.78 is 5.45. The van der Waals surface area contributed by atoms with Crippen LogP contribution in [0.3, 0.4) is 0 Å². The van der Waals surface area contributed by atoms with E-state index < -0.39 is 0 Å². The Kier molecular flexibility index (Phi) is 4.80. The summed E-state index contributed by atoms with van der Waals surface area (Å²) in [5.41, 5.74) is -0.319. The van der Waals surface area contributed by atoms with E-state index in [0.29, 0.717) is 6.42 Å². The third-order valence-corrected chi connectivity index (χ3v) is 4.93. The van der Waals surface area contributed by atoms with Crippen LogP contribution in [-0.4, -0.2) is 29.5 Å². The number of methoxy groups -OCH3 is 1. The lowest BCUT2D eigenvalue weighted by molar-refractivity contribution is -0.135. The van der Waals surface area contributed by atoms with Crippen molar-refractivity contribution in [3.8, 4) is 0 Å². The summed E-state index contributed by atoms with van der Waals surface area (Å²) in [6.45, 7) is 4.14. The Morgan fingerprint density at radius 1 is 1.56 bits per heavy atom. The molecule has 1 saturated carbocycles. The highest BCUT2D eigenvalue weighted by Crippen LogP contribution is 2.38. The quantitative estimate of drug-likeness (QED) is 0.764. The van der Waals surface area contributed by atoms with Gasteiger partial charge >= 0.3 is 0 Å². The second kappa shape index (κ2) is 5.50. The normalized spacial score (nSPS) is 22.0. The Bertz CT molecular complexity index is 225. The lowest BCUT2D eigenvalue weighted by atomic mass is 9.77. The van der Waals surface area contributed by atoms with Crippen LogP contribution in [0.4, 0.5) is 0 Å². The van der Waals surface area contributed by atoms with Crippen molar-refractivity contribution in [3.63, 3.8) is 0 Å². The molecule has 0 aromatic heterocycles. The molecule has 0 aromatic rings. The molecule has 0 spiro atoms. The van der Waals surface area contributed by atoms with Gasteiger partial charge in [0.1, 0.15) is 0 Å². The first-order valence-corrected chi connectivity index (χ1v) is 7.03. The molecule has 1 atom stereocenters. The van der Waals surface area contributed by atoms with E-state index in [1.807, 2.05) is 0 Å². The zero-order valence-corrected chi connectivity index (χ0v) is 12.0. The number of rotatable bonds is 6. The lowest BCUT2D eigenvalue weighted by Crippen LogP contribution is -2.51. The molecule has 1 aliphatic rings. The zero-order chi connectivity index (χ0) is 12.2. The predicted octanol–water partition coefficient (Wildman–Crippen LogP) is 2.63. The van der Waals surface area contributed by atoms with Crippen LogP contribution in [0.2, 0.25) is 0 Å². The van der Waals surface area contributed by atoms with Gasteiger partial charge in [-0.25, -0.2) is 0 Å². The number of alkyl halides is 1. The van der Waals surface area contributed by atoms with Crippen LogP contribution in [0, 0.1) is 0 Å². The minimum atomic E-state index is -0.176. The van der Waals surface area contributed by atoms with Gasteiger partial charge in [-0.2, -0.15) is 0 Å². The lowest BCUT2D eigenvalue weighted by Gasteiger charge is -2.40. The van der Waals surface area contributed by atoms with E-state index in [1.165, 1.54) is 6.42 Å². The van der Waals surface area contributed by atoms with Gasteiger partial charge in [-0.3, -0.25) is 4.79 Å². The van der Waals surface area contributed by atoms with Crippen LogP contribution in [0.5, 0.6) is 0 Å². The van der Waals surface area contributed by atoms with Crippen molar-refractivity contribution in [1.29, 1.82) is 0 Å². The maximum absolute atomic E-state index is 11.9. The fourth-order valence-corrected chi connectivity index (χ4v) is 2.45. The summed E-state index contributed by atoms with van der Waals surface area (Å²) in [6, 6.07) is 0. The Labute approximate surface area is 106 Å². The second-order valence-corrected chi connectivity index (χ2v) is 5.57. The van der Waals surface area contributed by atoms with E-state index in [0.717, 1.165) is 24.6 Å². The molecule has 0 saturated heterocycles. The molecule has 3 nitrogen and oxygen atoms in total. The Balaban J connectivity index is 2.46. The molecule has 1 rings (SSSR count). The molecular formula is C12H22BrNO2. The van der Waals surface area contributed by atoms with E-state index in [9.17, 15) is 4.79 Å². The second-order valence-electron chi connectivity index (χ2n) is 5.01. The highest BCUT2D eigenvalue weighted by atomic mass is 79.9. The van der Waals surface area contributed by atoms with Crippen molar-refractivity contribution in [2.75, 3.05) is 12.4 Å². The van der Waals surface area contributed by atoms with E-state index in [2.05, 4.69) is 35.1 Å². The number of hydrogen-bond acceptors (Lipinski definition) is 2. The molecule has 1 fully saturated rings. The number of hydrogen-bond donors (Lipinski definition) is 1. The minimum Gasteiger partial charge on any atom is -0.378 e. The molecule has 1 N–H and O–H groups in total. The zero-order valence-electron chi connectivity index (χ0n) is 10.4. The predicted molar refractivity (Wildman–Crippen MR) is 68.8 cm³/mol. The smallest absolute Gasteiger partial charge is 0.223 e. The number of carbonyl (C=O) groups excluding carboxylic acids is 1. The topological polar surface area (TPSA) is 38.3 Å². The molecule has 0 aliphatic heterocycles. The van der Waals surface area contributed by atoms with Crippen LogP contribution in [0.15, 0.2) is 0 Å². The number of amides is 1. The molecule has 0 bridgehead atoms. The standard InChI is InChI=1S/C12H22BrNO2/c1-4-11(2,9-13)14-10(15)8-12(16-3)6-5-7-12/h4-9H2,1-3H3,(H,14,15). The van der Waals surface area contributed by atoms with Gasteiger partial charge in [0.25, 0.3) is 0 Å². The first-order valence-electron chi connectivity index (χ1n) is 5.91. The van der Waals surface area contributed by atoms with Gasteiger partial charge in [0, 0.05) is 18.0 Å². The first kappa shape index (κ1) is 14.0. The van der Waals surface area contributed by atoms with Gasteiger partial charge in [0.2, 0.25) is 5.91 Å². The van der Waals surface area contributed by atoms with E-state index in [-0.39, 0.29) is 17.0 Å². The average Bonchev–Trinajstić information content (AvgIpc) is 2.23. The van der Waals surface area contributed by atoms with E-state index in [4.69, 9.17) is 4.74 Å². The number of halogens is 1. The fraction of sp³-hybridized carbons (Fsp3) is 0.917. The molecule has 0 heterocycles. The van der Waals surface area contributed by atoms with Gasteiger partial charge in [0.15, 0.2) is 0 Å². The summed E-state index contributed by atoms with van der Waals surface area (Å²) >= 11 is 3.44. The summed E-state index contributed by atoms with van der Waals surface area (Å²) in [5.74, 6) is 0.102.